The van der Waals surface area contributed by atoms with E-state index >= 15 is 0 Å². The van der Waals surface area contributed by atoms with Crippen LogP contribution in [0.1, 0.15) is 24.8 Å². The fraction of sp³-hybridized carbons (Fsp3) is 0.222. The first-order valence-corrected chi connectivity index (χ1v) is 8.71. The van der Waals surface area contributed by atoms with E-state index in [-0.39, 0.29) is 15.7 Å². The number of carbonyl (C=O) groups excluding carboxylic acids is 2. The van der Waals surface area contributed by atoms with Crippen molar-refractivity contribution in [2.24, 2.45) is 0 Å². The minimum absolute atomic E-state index is 0.202. The lowest BCUT2D eigenvalue weighted by Crippen LogP contribution is -2.24. The Labute approximate surface area is 161 Å². The summed E-state index contributed by atoms with van der Waals surface area (Å²) in [6.45, 7) is 1.45. The fourth-order valence-electron chi connectivity index (χ4n) is 2.30. The maximum absolute atomic E-state index is 12.2. The van der Waals surface area contributed by atoms with Crippen LogP contribution in [0.3, 0.4) is 0 Å². The molecular formula is C18H16Cl3NO3. The Hall–Kier alpha value is -1.75. The Morgan fingerprint density at radius 2 is 1.68 bits per heavy atom. The summed E-state index contributed by atoms with van der Waals surface area (Å²) < 4.78 is 5.12. The van der Waals surface area contributed by atoms with Gasteiger partial charge in [-0.2, -0.15) is 0 Å². The van der Waals surface area contributed by atoms with Crippen LogP contribution in [0.4, 0.5) is 5.69 Å². The predicted molar refractivity (Wildman–Crippen MR) is 101 cm³/mol. The van der Waals surface area contributed by atoms with Gasteiger partial charge in [0.15, 0.2) is 6.61 Å². The highest BCUT2D eigenvalue weighted by Crippen LogP contribution is 2.33. The maximum atomic E-state index is 12.2. The van der Waals surface area contributed by atoms with Gasteiger partial charge in [-0.05, 0) is 24.1 Å². The van der Waals surface area contributed by atoms with Crippen molar-refractivity contribution in [3.8, 4) is 0 Å². The van der Waals surface area contributed by atoms with Crippen molar-refractivity contribution in [2.75, 3.05) is 11.9 Å². The van der Waals surface area contributed by atoms with E-state index in [0.29, 0.717) is 11.4 Å². The van der Waals surface area contributed by atoms with Gasteiger partial charge >= 0.3 is 5.97 Å². The molecule has 0 saturated heterocycles. The summed E-state index contributed by atoms with van der Waals surface area (Å²) in [5.74, 6) is -1.42. The summed E-state index contributed by atoms with van der Waals surface area (Å²) in [5, 5.41) is 3.28. The molecular weight excluding hydrogens is 385 g/mol. The molecule has 0 saturated carbocycles. The topological polar surface area (TPSA) is 55.4 Å². The zero-order valence-electron chi connectivity index (χ0n) is 13.4. The van der Waals surface area contributed by atoms with Crippen LogP contribution in [0, 0.1) is 0 Å². The summed E-state index contributed by atoms with van der Waals surface area (Å²) in [6.07, 6.45) is 0.569. The van der Waals surface area contributed by atoms with Crippen LogP contribution in [-0.4, -0.2) is 18.5 Å². The monoisotopic (exact) mass is 399 g/mol. The molecule has 0 bridgehead atoms. The van der Waals surface area contributed by atoms with Crippen LogP contribution in [0.5, 0.6) is 0 Å². The lowest BCUT2D eigenvalue weighted by Gasteiger charge is -2.15. The number of anilines is 1. The molecule has 25 heavy (non-hydrogen) atoms. The van der Waals surface area contributed by atoms with Crippen LogP contribution in [0.2, 0.25) is 15.1 Å². The predicted octanol–water partition coefficient (Wildman–Crippen LogP) is 5.32. The normalized spacial score (nSPS) is 11.7. The van der Waals surface area contributed by atoms with Gasteiger partial charge in [0.1, 0.15) is 0 Å². The molecule has 0 aromatic heterocycles. The van der Waals surface area contributed by atoms with Gasteiger partial charge in [0.25, 0.3) is 5.91 Å². The Balaban J connectivity index is 1.97. The summed E-state index contributed by atoms with van der Waals surface area (Å²) in [5.41, 5.74) is 1.07. The highest BCUT2D eigenvalue weighted by Gasteiger charge is 2.21. The maximum Gasteiger partial charge on any atom is 0.313 e. The third-order valence-electron chi connectivity index (χ3n) is 3.51. The molecule has 132 valence electrons. The number of halogens is 3. The Morgan fingerprint density at radius 3 is 2.24 bits per heavy atom. The number of esters is 1. The second-order valence-corrected chi connectivity index (χ2v) is 6.52. The molecule has 0 aliphatic rings. The standard InChI is InChI=1S/C18H16Cl3NO3/c1-2-13(11-6-4-3-5-7-11)18(24)25-10-16(23)22-17-14(20)8-12(19)9-15(17)21/h3-9,13H,2,10H2,1H3,(H,22,23)/t13-/m1/s1. The second kappa shape index (κ2) is 9.09. The molecule has 0 radical (unpaired) electrons. The Kier molecular flexibility index (Phi) is 7.12. The quantitative estimate of drug-likeness (QED) is 0.667. The van der Waals surface area contributed by atoms with E-state index in [9.17, 15) is 9.59 Å². The van der Waals surface area contributed by atoms with Crippen molar-refractivity contribution in [3.63, 3.8) is 0 Å². The molecule has 0 aliphatic carbocycles. The van der Waals surface area contributed by atoms with Crippen molar-refractivity contribution in [1.29, 1.82) is 0 Å². The smallest absolute Gasteiger partial charge is 0.313 e. The number of hydrogen-bond acceptors (Lipinski definition) is 3. The van der Waals surface area contributed by atoms with E-state index < -0.39 is 24.4 Å². The number of hydrogen-bond donors (Lipinski definition) is 1. The van der Waals surface area contributed by atoms with Gasteiger partial charge < -0.3 is 10.1 Å². The molecule has 0 fully saturated rings. The molecule has 2 rings (SSSR count). The summed E-state index contributed by atoms with van der Waals surface area (Å²) in [6, 6.07) is 12.2. The van der Waals surface area contributed by atoms with Crippen LogP contribution >= 0.6 is 34.8 Å². The van der Waals surface area contributed by atoms with Gasteiger partial charge in [-0.3, -0.25) is 9.59 Å². The summed E-state index contributed by atoms with van der Waals surface area (Å²) >= 11 is 17.8. The van der Waals surface area contributed by atoms with Gasteiger partial charge in [0.05, 0.1) is 21.7 Å². The second-order valence-electron chi connectivity index (χ2n) is 5.27. The van der Waals surface area contributed by atoms with E-state index in [1.54, 1.807) is 0 Å². The summed E-state index contributed by atoms with van der Waals surface area (Å²) in [7, 11) is 0. The third-order valence-corrected chi connectivity index (χ3v) is 4.33. The molecule has 0 spiro atoms. The van der Waals surface area contributed by atoms with Crippen LogP contribution in [-0.2, 0) is 14.3 Å². The largest absolute Gasteiger partial charge is 0.455 e. The first kappa shape index (κ1) is 19.6. The molecule has 1 amide bonds. The molecule has 2 aromatic carbocycles. The molecule has 0 unspecified atom stereocenters. The van der Waals surface area contributed by atoms with Gasteiger partial charge in [-0.15, -0.1) is 0 Å². The Morgan fingerprint density at radius 1 is 1.08 bits per heavy atom. The van der Waals surface area contributed by atoms with Crippen molar-refractivity contribution in [2.45, 2.75) is 19.3 Å². The van der Waals surface area contributed by atoms with E-state index in [1.165, 1.54) is 12.1 Å². The van der Waals surface area contributed by atoms with E-state index in [1.807, 2.05) is 37.3 Å². The first-order valence-electron chi connectivity index (χ1n) is 7.58. The number of amides is 1. The highest BCUT2D eigenvalue weighted by atomic mass is 35.5. The van der Waals surface area contributed by atoms with E-state index in [2.05, 4.69) is 5.32 Å². The van der Waals surface area contributed by atoms with Gasteiger partial charge in [-0.25, -0.2) is 0 Å². The van der Waals surface area contributed by atoms with Crippen molar-refractivity contribution >= 4 is 52.4 Å². The molecule has 0 aliphatic heterocycles. The van der Waals surface area contributed by atoms with Crippen molar-refractivity contribution in [1.82, 2.24) is 0 Å². The molecule has 1 atom stereocenters. The zero-order valence-corrected chi connectivity index (χ0v) is 15.7. The number of rotatable bonds is 6. The number of ether oxygens (including phenoxy) is 1. The zero-order chi connectivity index (χ0) is 18.4. The molecule has 4 nitrogen and oxygen atoms in total. The molecule has 2 aromatic rings. The Bertz CT molecular complexity index is 742. The minimum atomic E-state index is -0.539. The van der Waals surface area contributed by atoms with Gasteiger partial charge in [0, 0.05) is 5.02 Å². The lowest BCUT2D eigenvalue weighted by molar-refractivity contribution is -0.149. The SMILES string of the molecule is CC[C@@H](C(=O)OCC(=O)Nc1c(Cl)cc(Cl)cc1Cl)c1ccccc1. The van der Waals surface area contributed by atoms with Gasteiger partial charge in [0.2, 0.25) is 0 Å². The summed E-state index contributed by atoms with van der Waals surface area (Å²) in [4.78, 5) is 24.3. The van der Waals surface area contributed by atoms with Crippen molar-refractivity contribution < 1.29 is 14.3 Å². The highest BCUT2D eigenvalue weighted by molar-refractivity contribution is 6.42. The van der Waals surface area contributed by atoms with Crippen LogP contribution in [0.15, 0.2) is 42.5 Å². The molecule has 0 heterocycles. The first-order chi connectivity index (χ1) is 11.9. The van der Waals surface area contributed by atoms with Crippen LogP contribution < -0.4 is 5.32 Å². The number of benzene rings is 2. The van der Waals surface area contributed by atoms with Crippen LogP contribution in [0.25, 0.3) is 0 Å². The van der Waals surface area contributed by atoms with E-state index in [0.717, 1.165) is 5.56 Å². The number of carbonyl (C=O) groups is 2. The minimum Gasteiger partial charge on any atom is -0.455 e. The van der Waals surface area contributed by atoms with Crippen molar-refractivity contribution in [3.05, 3.63) is 63.1 Å². The van der Waals surface area contributed by atoms with E-state index in [4.69, 9.17) is 39.5 Å². The third kappa shape index (κ3) is 5.36. The lowest BCUT2D eigenvalue weighted by atomic mass is 9.97. The number of nitrogens with one attached hydrogen (secondary N) is 1. The molecule has 7 heteroatoms. The average molecular weight is 401 g/mol. The molecule has 1 N–H and O–H groups in total. The average Bonchev–Trinajstić information content (AvgIpc) is 2.58. The van der Waals surface area contributed by atoms with Gasteiger partial charge in [-0.1, -0.05) is 72.1 Å². The fourth-order valence-corrected chi connectivity index (χ4v) is 3.21.